The fourth-order valence-electron chi connectivity index (χ4n) is 3.72. The molecule has 1 N–H and O–H groups in total. The fraction of sp³-hybridized carbons (Fsp3) is 0.348. The van der Waals surface area contributed by atoms with E-state index < -0.39 is 0 Å². The van der Waals surface area contributed by atoms with E-state index in [4.69, 9.17) is 16.6 Å². The molecule has 1 fully saturated rings. The lowest BCUT2D eigenvalue weighted by Gasteiger charge is -2.15. The zero-order valence-corrected chi connectivity index (χ0v) is 18.8. The Morgan fingerprint density at radius 2 is 1.87 bits per heavy atom. The van der Waals surface area contributed by atoms with Crippen LogP contribution in [0.1, 0.15) is 24.8 Å². The average Bonchev–Trinajstić information content (AvgIpc) is 3.41. The summed E-state index contributed by atoms with van der Waals surface area (Å²) in [4.78, 5) is 31.0. The van der Waals surface area contributed by atoms with Crippen molar-refractivity contribution >= 4 is 46.2 Å². The number of carbonyl (C=O) groups is 2. The van der Waals surface area contributed by atoms with E-state index in [2.05, 4.69) is 22.0 Å². The summed E-state index contributed by atoms with van der Waals surface area (Å²) in [6.45, 7) is 2.70. The predicted octanol–water partition coefficient (Wildman–Crippen LogP) is 3.96. The third kappa shape index (κ3) is 5.60. The van der Waals surface area contributed by atoms with Crippen molar-refractivity contribution in [3.63, 3.8) is 0 Å². The van der Waals surface area contributed by atoms with Crippen LogP contribution in [0.15, 0.2) is 53.7 Å². The zero-order valence-electron chi connectivity index (χ0n) is 17.2. The van der Waals surface area contributed by atoms with Gasteiger partial charge in [-0.2, -0.15) is 0 Å². The van der Waals surface area contributed by atoms with Crippen LogP contribution in [0.3, 0.4) is 0 Å². The molecule has 1 aliphatic rings. The van der Waals surface area contributed by atoms with Gasteiger partial charge in [0.1, 0.15) is 0 Å². The van der Waals surface area contributed by atoms with Crippen molar-refractivity contribution in [2.75, 3.05) is 25.4 Å². The number of amides is 2. The lowest BCUT2D eigenvalue weighted by Crippen LogP contribution is -2.33. The highest BCUT2D eigenvalue weighted by atomic mass is 35.5. The number of carbonyl (C=O) groups excluding carboxylic acids is 2. The summed E-state index contributed by atoms with van der Waals surface area (Å²) in [5.41, 5.74) is 2.94. The smallest absolute Gasteiger partial charge is 0.230 e. The lowest BCUT2D eigenvalue weighted by atomic mass is 10.2. The van der Waals surface area contributed by atoms with Gasteiger partial charge in [-0.1, -0.05) is 53.7 Å². The van der Waals surface area contributed by atoms with E-state index in [0.717, 1.165) is 47.7 Å². The quantitative estimate of drug-likeness (QED) is 0.521. The first-order valence-electron chi connectivity index (χ1n) is 10.5. The van der Waals surface area contributed by atoms with Crippen LogP contribution in [0.25, 0.3) is 11.0 Å². The number of likely N-dealkylation sites (tertiary alicyclic amines) is 1. The first-order valence-corrected chi connectivity index (χ1v) is 11.8. The Hall–Kier alpha value is -2.51. The van der Waals surface area contributed by atoms with Gasteiger partial charge in [0.2, 0.25) is 11.8 Å². The number of aromatic nitrogens is 2. The molecule has 2 amide bonds. The van der Waals surface area contributed by atoms with Gasteiger partial charge in [-0.15, -0.1) is 0 Å². The van der Waals surface area contributed by atoms with E-state index >= 15 is 0 Å². The lowest BCUT2D eigenvalue weighted by molar-refractivity contribution is -0.130. The molecule has 1 saturated heterocycles. The van der Waals surface area contributed by atoms with E-state index in [0.29, 0.717) is 24.5 Å². The number of hydrogen-bond acceptors (Lipinski definition) is 4. The number of benzene rings is 2. The van der Waals surface area contributed by atoms with Crippen LogP contribution in [0.4, 0.5) is 0 Å². The third-order valence-electron chi connectivity index (χ3n) is 5.31. The molecule has 0 radical (unpaired) electrons. The van der Waals surface area contributed by atoms with Crippen molar-refractivity contribution in [2.24, 2.45) is 0 Å². The van der Waals surface area contributed by atoms with Crippen molar-refractivity contribution in [3.8, 4) is 0 Å². The summed E-state index contributed by atoms with van der Waals surface area (Å²) in [7, 11) is 0. The van der Waals surface area contributed by atoms with Crippen LogP contribution in [-0.4, -0.2) is 51.7 Å². The van der Waals surface area contributed by atoms with E-state index in [1.807, 2.05) is 41.3 Å². The van der Waals surface area contributed by atoms with Crippen molar-refractivity contribution < 1.29 is 9.59 Å². The van der Waals surface area contributed by atoms with E-state index in [1.165, 1.54) is 11.8 Å². The Morgan fingerprint density at radius 1 is 1.10 bits per heavy atom. The van der Waals surface area contributed by atoms with Gasteiger partial charge in [-0.05, 0) is 36.6 Å². The summed E-state index contributed by atoms with van der Waals surface area (Å²) in [5.74, 6) is 0.256. The largest absolute Gasteiger partial charge is 0.355 e. The molecule has 0 unspecified atom stereocenters. The molecule has 1 aliphatic heterocycles. The highest BCUT2D eigenvalue weighted by molar-refractivity contribution is 7.99. The molecule has 0 saturated carbocycles. The molecule has 0 spiro atoms. The van der Waals surface area contributed by atoms with E-state index in [9.17, 15) is 9.59 Å². The van der Waals surface area contributed by atoms with Gasteiger partial charge in [0.15, 0.2) is 5.16 Å². The molecular weight excluding hydrogens is 432 g/mol. The van der Waals surface area contributed by atoms with Gasteiger partial charge < -0.3 is 14.8 Å². The number of fused-ring (bicyclic) bond motifs is 1. The second-order valence-corrected chi connectivity index (χ2v) is 8.95. The Bertz CT molecular complexity index is 1060. The summed E-state index contributed by atoms with van der Waals surface area (Å²) in [6.07, 6.45) is 2.50. The van der Waals surface area contributed by atoms with Crippen molar-refractivity contribution in [1.29, 1.82) is 0 Å². The number of nitrogens with one attached hydrogen (secondary N) is 1. The predicted molar refractivity (Wildman–Crippen MR) is 124 cm³/mol. The average molecular weight is 457 g/mol. The molecule has 3 aromatic rings. The van der Waals surface area contributed by atoms with Crippen LogP contribution in [0.2, 0.25) is 5.02 Å². The van der Waals surface area contributed by atoms with Crippen molar-refractivity contribution in [2.45, 2.75) is 31.0 Å². The van der Waals surface area contributed by atoms with E-state index in [1.54, 1.807) is 0 Å². The van der Waals surface area contributed by atoms with Gasteiger partial charge in [0.05, 0.1) is 23.3 Å². The number of nitrogens with zero attached hydrogens (tertiary/aromatic N) is 3. The Morgan fingerprint density at radius 3 is 2.65 bits per heavy atom. The number of halogens is 1. The first-order chi connectivity index (χ1) is 15.1. The van der Waals surface area contributed by atoms with Gasteiger partial charge >= 0.3 is 0 Å². The van der Waals surface area contributed by atoms with Gasteiger partial charge in [0, 0.05) is 31.1 Å². The minimum Gasteiger partial charge on any atom is -0.355 e. The second-order valence-electron chi connectivity index (χ2n) is 7.58. The van der Waals surface area contributed by atoms with E-state index in [-0.39, 0.29) is 17.6 Å². The molecule has 1 aromatic heterocycles. The third-order valence-corrected chi connectivity index (χ3v) is 6.52. The van der Waals surface area contributed by atoms with Crippen molar-refractivity contribution in [1.82, 2.24) is 19.8 Å². The Balaban J connectivity index is 1.38. The monoisotopic (exact) mass is 456 g/mol. The normalized spacial score (nSPS) is 13.6. The molecule has 162 valence electrons. The number of imidazole rings is 1. The zero-order chi connectivity index (χ0) is 21.6. The number of rotatable bonds is 8. The highest BCUT2D eigenvalue weighted by Gasteiger charge is 2.18. The van der Waals surface area contributed by atoms with Crippen LogP contribution in [0.5, 0.6) is 0 Å². The maximum atomic E-state index is 12.3. The minimum absolute atomic E-state index is 0.101. The van der Waals surface area contributed by atoms with Gasteiger partial charge in [-0.3, -0.25) is 9.59 Å². The summed E-state index contributed by atoms with van der Waals surface area (Å²) >= 11 is 7.54. The second kappa shape index (κ2) is 10.2. The van der Waals surface area contributed by atoms with Crippen LogP contribution in [-0.2, 0) is 16.1 Å². The molecular formula is C23H25ClN4O2S. The molecule has 0 aliphatic carbocycles. The fourth-order valence-corrected chi connectivity index (χ4v) is 4.73. The topological polar surface area (TPSA) is 67.2 Å². The number of hydrogen-bond donors (Lipinski definition) is 1. The molecule has 0 bridgehead atoms. The molecule has 2 heterocycles. The summed E-state index contributed by atoms with van der Waals surface area (Å²) in [5, 5.41) is 4.26. The van der Waals surface area contributed by atoms with Gasteiger partial charge in [-0.25, -0.2) is 4.98 Å². The summed E-state index contributed by atoms with van der Waals surface area (Å²) in [6, 6.07) is 15.8. The molecule has 4 rings (SSSR count). The van der Waals surface area contributed by atoms with Crippen LogP contribution >= 0.6 is 23.4 Å². The molecule has 2 aromatic carbocycles. The van der Waals surface area contributed by atoms with Gasteiger partial charge in [0.25, 0.3) is 0 Å². The van der Waals surface area contributed by atoms with Crippen molar-refractivity contribution in [3.05, 3.63) is 59.1 Å². The molecule has 8 heteroatoms. The Kier molecular flexibility index (Phi) is 7.14. The summed E-state index contributed by atoms with van der Waals surface area (Å²) < 4.78 is 2.11. The molecule has 0 atom stereocenters. The Labute approximate surface area is 191 Å². The SMILES string of the molecule is O=C(CSc1nc2cc(Cl)ccc2n1Cc1ccccc1)NCCC(=O)N1CCCC1. The number of thioether (sulfide) groups is 1. The first kappa shape index (κ1) is 21.7. The minimum atomic E-state index is -0.101. The van der Waals surface area contributed by atoms with Crippen LogP contribution < -0.4 is 5.32 Å². The molecule has 31 heavy (non-hydrogen) atoms. The highest BCUT2D eigenvalue weighted by Crippen LogP contribution is 2.27. The standard InChI is InChI=1S/C23H25ClN4O2S/c24-18-8-9-20-19(14-18)26-23(28(20)15-17-6-2-1-3-7-17)31-16-21(29)25-11-10-22(30)27-12-4-5-13-27/h1-3,6-9,14H,4-5,10-13,15-16H2,(H,25,29). The maximum Gasteiger partial charge on any atom is 0.230 e. The maximum absolute atomic E-state index is 12.3. The van der Waals surface area contributed by atoms with Crippen LogP contribution in [0, 0.1) is 0 Å². The molecule has 6 nitrogen and oxygen atoms in total.